The van der Waals surface area contributed by atoms with Gasteiger partial charge in [-0.1, -0.05) is 12.1 Å². The summed E-state index contributed by atoms with van der Waals surface area (Å²) < 4.78 is 48.9. The topological polar surface area (TPSA) is 23.9 Å². The number of rotatable bonds is 1. The summed E-state index contributed by atoms with van der Waals surface area (Å²) in [6.07, 6.45) is -4.73. The lowest BCUT2D eigenvalue weighted by Crippen LogP contribution is -2.22. The van der Waals surface area contributed by atoms with Crippen molar-refractivity contribution < 1.29 is 17.6 Å². The summed E-state index contributed by atoms with van der Waals surface area (Å²) in [5, 5.41) is 6.76. The molecule has 0 unspecified atom stereocenters. The van der Waals surface area contributed by atoms with Crippen molar-refractivity contribution >= 4 is 5.71 Å². The lowest BCUT2D eigenvalue weighted by atomic mass is 10.1. The Morgan fingerprint density at radius 2 is 1.86 bits per heavy atom. The molecule has 0 aromatic heterocycles. The first-order chi connectivity index (χ1) is 6.32. The first-order valence-electron chi connectivity index (χ1n) is 3.74. The molecule has 0 amide bonds. The number of alkyl halides is 3. The van der Waals surface area contributed by atoms with Crippen LogP contribution in [0.15, 0.2) is 18.2 Å². The molecule has 0 aliphatic rings. The number of benzene rings is 1. The predicted molar refractivity (Wildman–Crippen MR) is 44.0 cm³/mol. The van der Waals surface area contributed by atoms with Gasteiger partial charge in [0.1, 0.15) is 11.5 Å². The molecule has 0 heterocycles. The van der Waals surface area contributed by atoms with E-state index in [4.69, 9.17) is 5.41 Å². The van der Waals surface area contributed by atoms with Gasteiger partial charge in [0.25, 0.3) is 0 Å². The fourth-order valence-electron chi connectivity index (χ4n) is 0.912. The van der Waals surface area contributed by atoms with E-state index in [0.29, 0.717) is 6.07 Å². The molecule has 0 saturated heterocycles. The van der Waals surface area contributed by atoms with E-state index >= 15 is 0 Å². The van der Waals surface area contributed by atoms with E-state index in [1.807, 2.05) is 0 Å². The molecule has 1 N–H and O–H groups in total. The van der Waals surface area contributed by atoms with Crippen LogP contribution in [-0.4, -0.2) is 11.9 Å². The van der Waals surface area contributed by atoms with Gasteiger partial charge in [0.15, 0.2) is 0 Å². The highest BCUT2D eigenvalue weighted by Crippen LogP contribution is 2.22. The van der Waals surface area contributed by atoms with Crippen LogP contribution in [-0.2, 0) is 0 Å². The van der Waals surface area contributed by atoms with E-state index in [1.165, 1.54) is 13.0 Å². The zero-order valence-corrected chi connectivity index (χ0v) is 7.24. The number of hydrogen-bond acceptors (Lipinski definition) is 1. The Balaban J connectivity index is 3.10. The number of aryl methyl sites for hydroxylation is 1. The highest BCUT2D eigenvalue weighted by molar-refractivity contribution is 6.02. The maximum atomic E-state index is 12.9. The molecule has 0 atom stereocenters. The monoisotopic (exact) mass is 205 g/mol. The van der Waals surface area contributed by atoms with E-state index in [-0.39, 0.29) is 5.56 Å². The van der Waals surface area contributed by atoms with Gasteiger partial charge < -0.3 is 0 Å². The average molecular weight is 205 g/mol. The number of hydrogen-bond donors (Lipinski definition) is 1. The van der Waals surface area contributed by atoms with Gasteiger partial charge in [0, 0.05) is 5.56 Å². The second-order valence-electron chi connectivity index (χ2n) is 2.84. The quantitative estimate of drug-likeness (QED) is 0.538. The van der Waals surface area contributed by atoms with E-state index in [0.717, 1.165) is 6.07 Å². The normalized spacial score (nSPS) is 11.5. The first kappa shape index (κ1) is 10.7. The van der Waals surface area contributed by atoms with Crippen LogP contribution in [0.4, 0.5) is 17.6 Å². The molecule has 0 aliphatic heterocycles. The van der Waals surface area contributed by atoms with Crippen LogP contribution in [0.5, 0.6) is 0 Å². The first-order valence-corrected chi connectivity index (χ1v) is 3.74. The summed E-state index contributed by atoms with van der Waals surface area (Å²) in [5.41, 5.74) is -1.74. The highest BCUT2D eigenvalue weighted by Gasteiger charge is 2.35. The fourth-order valence-corrected chi connectivity index (χ4v) is 0.912. The third kappa shape index (κ3) is 2.10. The van der Waals surface area contributed by atoms with Crippen molar-refractivity contribution in [2.75, 3.05) is 0 Å². The Bertz CT molecular complexity index is 368. The molecular formula is C9H7F4N. The standard InChI is InChI=1S/C9H7F4N/c1-5-2-3-6(4-7(5)10)8(14)9(11,12)13/h2-4,14H,1H3. The molecule has 5 heteroatoms. The van der Waals surface area contributed by atoms with Crippen LogP contribution in [0.1, 0.15) is 11.1 Å². The van der Waals surface area contributed by atoms with Crippen LogP contribution in [0.3, 0.4) is 0 Å². The summed E-state index contributed by atoms with van der Waals surface area (Å²) in [6.45, 7) is 1.44. The van der Waals surface area contributed by atoms with Crippen LogP contribution < -0.4 is 0 Å². The minimum absolute atomic E-state index is 0.253. The SMILES string of the molecule is Cc1ccc(C(=N)C(F)(F)F)cc1F. The summed E-state index contributed by atoms with van der Waals surface area (Å²) in [4.78, 5) is 0. The number of nitrogens with one attached hydrogen (secondary N) is 1. The Kier molecular flexibility index (Phi) is 2.59. The van der Waals surface area contributed by atoms with Gasteiger partial charge in [-0.05, 0) is 18.6 Å². The maximum absolute atomic E-state index is 12.9. The van der Waals surface area contributed by atoms with Crippen molar-refractivity contribution in [3.8, 4) is 0 Å². The van der Waals surface area contributed by atoms with E-state index in [1.54, 1.807) is 0 Å². The van der Waals surface area contributed by atoms with Crippen LogP contribution in [0.2, 0.25) is 0 Å². The zero-order valence-electron chi connectivity index (χ0n) is 7.24. The van der Waals surface area contributed by atoms with Gasteiger partial charge in [-0.2, -0.15) is 13.2 Å². The molecular weight excluding hydrogens is 198 g/mol. The third-order valence-electron chi connectivity index (χ3n) is 1.74. The minimum Gasteiger partial charge on any atom is -0.296 e. The molecule has 0 fully saturated rings. The van der Waals surface area contributed by atoms with E-state index < -0.39 is 23.3 Å². The fraction of sp³-hybridized carbons (Fsp3) is 0.222. The molecule has 1 rings (SSSR count). The molecule has 0 radical (unpaired) electrons. The largest absolute Gasteiger partial charge is 0.433 e. The molecule has 76 valence electrons. The summed E-state index contributed by atoms with van der Waals surface area (Å²) >= 11 is 0. The molecule has 0 aliphatic carbocycles. The molecule has 1 aromatic carbocycles. The smallest absolute Gasteiger partial charge is 0.296 e. The van der Waals surface area contributed by atoms with Crippen LogP contribution in [0.25, 0.3) is 0 Å². The van der Waals surface area contributed by atoms with E-state index in [2.05, 4.69) is 0 Å². The Hall–Kier alpha value is -1.39. The second-order valence-corrected chi connectivity index (χ2v) is 2.84. The van der Waals surface area contributed by atoms with Gasteiger partial charge in [0.05, 0.1) is 0 Å². The van der Waals surface area contributed by atoms with Gasteiger partial charge in [-0.15, -0.1) is 0 Å². The van der Waals surface area contributed by atoms with Gasteiger partial charge in [0.2, 0.25) is 0 Å². The summed E-state index contributed by atoms with van der Waals surface area (Å²) in [7, 11) is 0. The minimum atomic E-state index is -4.73. The van der Waals surface area contributed by atoms with Crippen molar-refractivity contribution in [1.82, 2.24) is 0 Å². The Morgan fingerprint density at radius 3 is 2.29 bits per heavy atom. The zero-order chi connectivity index (χ0) is 10.9. The van der Waals surface area contributed by atoms with Crippen LogP contribution in [0, 0.1) is 18.2 Å². The second kappa shape index (κ2) is 3.40. The van der Waals surface area contributed by atoms with Gasteiger partial charge in [-0.3, -0.25) is 5.41 Å². The molecule has 1 nitrogen and oxygen atoms in total. The van der Waals surface area contributed by atoms with E-state index in [9.17, 15) is 17.6 Å². The maximum Gasteiger partial charge on any atom is 0.433 e. The molecule has 14 heavy (non-hydrogen) atoms. The average Bonchev–Trinajstić information content (AvgIpc) is 2.07. The third-order valence-corrected chi connectivity index (χ3v) is 1.74. The lowest BCUT2D eigenvalue weighted by molar-refractivity contribution is -0.0587. The molecule has 0 saturated carbocycles. The van der Waals surface area contributed by atoms with Crippen molar-refractivity contribution in [2.45, 2.75) is 13.1 Å². The van der Waals surface area contributed by atoms with Crippen molar-refractivity contribution in [1.29, 1.82) is 5.41 Å². The predicted octanol–water partition coefficient (Wildman–Crippen LogP) is 3.06. The van der Waals surface area contributed by atoms with Gasteiger partial charge >= 0.3 is 6.18 Å². The van der Waals surface area contributed by atoms with Gasteiger partial charge in [-0.25, -0.2) is 4.39 Å². The van der Waals surface area contributed by atoms with Crippen molar-refractivity contribution in [3.05, 3.63) is 35.1 Å². The number of halogens is 4. The Morgan fingerprint density at radius 1 is 1.29 bits per heavy atom. The Labute approximate surface area is 77.9 Å². The van der Waals surface area contributed by atoms with Crippen molar-refractivity contribution in [3.63, 3.8) is 0 Å². The summed E-state index contributed by atoms with van der Waals surface area (Å²) in [6, 6.07) is 3.00. The molecule has 1 aromatic rings. The summed E-state index contributed by atoms with van der Waals surface area (Å²) in [5.74, 6) is -0.739. The highest BCUT2D eigenvalue weighted by atomic mass is 19.4. The lowest BCUT2D eigenvalue weighted by Gasteiger charge is -2.08. The molecule has 0 bridgehead atoms. The van der Waals surface area contributed by atoms with Crippen molar-refractivity contribution in [2.24, 2.45) is 0 Å². The van der Waals surface area contributed by atoms with Crippen LogP contribution >= 0.6 is 0 Å². The molecule has 0 spiro atoms.